The Morgan fingerprint density at radius 1 is 1.08 bits per heavy atom. The second-order valence-corrected chi connectivity index (χ2v) is 5.70. The van der Waals surface area contributed by atoms with Crippen LogP contribution in [-0.4, -0.2) is 25.0 Å². The van der Waals surface area contributed by atoms with Gasteiger partial charge in [0.25, 0.3) is 11.8 Å². The quantitative estimate of drug-likeness (QED) is 0.795. The predicted octanol–water partition coefficient (Wildman–Crippen LogP) is 1.48. The molecule has 6 heteroatoms. The van der Waals surface area contributed by atoms with Crippen LogP contribution in [0.2, 0.25) is 0 Å². The van der Waals surface area contributed by atoms with Gasteiger partial charge in [0.05, 0.1) is 13.2 Å². The summed E-state index contributed by atoms with van der Waals surface area (Å²) in [4.78, 5) is 24.5. The van der Waals surface area contributed by atoms with Crippen LogP contribution in [0.15, 0.2) is 48.5 Å². The van der Waals surface area contributed by atoms with Crippen LogP contribution in [0.4, 0.5) is 0 Å². The number of rotatable bonds is 4. The maximum absolute atomic E-state index is 12.4. The summed E-state index contributed by atoms with van der Waals surface area (Å²) in [7, 11) is 1.57. The van der Waals surface area contributed by atoms with Crippen LogP contribution < -0.4 is 20.9 Å². The number of nitrogens with one attached hydrogen (secondary N) is 3. The molecule has 124 valence electrons. The molecule has 3 rings (SSSR count). The van der Waals surface area contributed by atoms with Crippen LogP contribution in [0, 0.1) is 6.92 Å². The Bertz CT molecular complexity index is 741. The summed E-state index contributed by atoms with van der Waals surface area (Å²) in [6.45, 7) is 2.00. The molecule has 2 aromatic carbocycles. The lowest BCUT2D eigenvalue weighted by molar-refractivity contribution is -0.121. The largest absolute Gasteiger partial charge is 0.497 e. The van der Waals surface area contributed by atoms with E-state index in [-0.39, 0.29) is 17.9 Å². The molecule has 0 radical (unpaired) electrons. The third kappa shape index (κ3) is 3.23. The second kappa shape index (κ2) is 6.72. The number of carbonyl (C=O) groups is 2. The molecule has 2 aromatic rings. The fourth-order valence-electron chi connectivity index (χ4n) is 2.63. The van der Waals surface area contributed by atoms with Gasteiger partial charge < -0.3 is 10.1 Å². The number of hydrogen-bond donors (Lipinski definition) is 3. The molecule has 6 nitrogen and oxygen atoms in total. The summed E-state index contributed by atoms with van der Waals surface area (Å²) >= 11 is 0. The molecule has 2 atom stereocenters. The molecule has 0 aromatic heterocycles. The fraction of sp³-hybridized carbons (Fsp3) is 0.222. The lowest BCUT2D eigenvalue weighted by Crippen LogP contribution is -2.42. The van der Waals surface area contributed by atoms with Gasteiger partial charge in [0, 0.05) is 5.56 Å². The van der Waals surface area contributed by atoms with Gasteiger partial charge in [-0.05, 0) is 36.8 Å². The zero-order chi connectivity index (χ0) is 17.1. The van der Waals surface area contributed by atoms with Crippen LogP contribution in [0.25, 0.3) is 0 Å². The Labute approximate surface area is 140 Å². The SMILES string of the molecule is COc1ccc(C(=O)N[C@H]2C(=O)NN[C@H]2c2ccc(C)cc2)cc1. The Hall–Kier alpha value is -2.86. The molecule has 1 aliphatic heterocycles. The summed E-state index contributed by atoms with van der Waals surface area (Å²) in [5.41, 5.74) is 8.05. The molecule has 1 fully saturated rings. The smallest absolute Gasteiger partial charge is 0.258 e. The summed E-state index contributed by atoms with van der Waals surface area (Å²) in [6.07, 6.45) is 0. The van der Waals surface area contributed by atoms with Gasteiger partial charge in [-0.25, -0.2) is 5.43 Å². The van der Waals surface area contributed by atoms with Crippen LogP contribution in [0.3, 0.4) is 0 Å². The van der Waals surface area contributed by atoms with Crippen molar-refractivity contribution in [3.8, 4) is 5.75 Å². The van der Waals surface area contributed by atoms with E-state index >= 15 is 0 Å². The van der Waals surface area contributed by atoms with Gasteiger partial charge in [-0.3, -0.25) is 15.0 Å². The van der Waals surface area contributed by atoms with Crippen molar-refractivity contribution >= 4 is 11.8 Å². The van der Waals surface area contributed by atoms with Gasteiger partial charge in [-0.1, -0.05) is 29.8 Å². The average Bonchev–Trinajstić information content (AvgIpc) is 2.96. The first-order valence-corrected chi connectivity index (χ1v) is 7.65. The molecular formula is C18H19N3O3. The van der Waals surface area contributed by atoms with E-state index in [0.717, 1.165) is 11.1 Å². The van der Waals surface area contributed by atoms with Crippen LogP contribution in [-0.2, 0) is 4.79 Å². The third-order valence-corrected chi connectivity index (χ3v) is 4.04. The van der Waals surface area contributed by atoms with Gasteiger partial charge in [0.2, 0.25) is 0 Å². The van der Waals surface area contributed by atoms with E-state index in [1.807, 2.05) is 31.2 Å². The zero-order valence-electron chi connectivity index (χ0n) is 13.5. The highest BCUT2D eigenvalue weighted by Gasteiger charge is 2.36. The number of benzene rings is 2. The molecule has 3 N–H and O–H groups in total. The summed E-state index contributed by atoms with van der Waals surface area (Å²) < 4.78 is 5.08. The van der Waals surface area contributed by atoms with E-state index in [0.29, 0.717) is 11.3 Å². The number of methoxy groups -OCH3 is 1. The number of ether oxygens (including phenoxy) is 1. The van der Waals surface area contributed by atoms with Crippen molar-refractivity contribution in [3.05, 3.63) is 65.2 Å². The molecule has 1 saturated heterocycles. The van der Waals surface area contributed by atoms with E-state index in [2.05, 4.69) is 16.2 Å². The minimum absolute atomic E-state index is 0.262. The van der Waals surface area contributed by atoms with Crippen molar-refractivity contribution in [1.29, 1.82) is 0 Å². The lowest BCUT2D eigenvalue weighted by Gasteiger charge is -2.18. The molecule has 0 spiro atoms. The van der Waals surface area contributed by atoms with Crippen molar-refractivity contribution in [2.45, 2.75) is 19.0 Å². The first kappa shape index (κ1) is 16.0. The minimum Gasteiger partial charge on any atom is -0.497 e. The van der Waals surface area contributed by atoms with Gasteiger partial charge in [-0.15, -0.1) is 0 Å². The van der Waals surface area contributed by atoms with Crippen LogP contribution in [0.1, 0.15) is 27.5 Å². The van der Waals surface area contributed by atoms with Crippen molar-refractivity contribution in [2.75, 3.05) is 7.11 Å². The maximum atomic E-state index is 12.4. The molecule has 0 saturated carbocycles. The Kier molecular flexibility index (Phi) is 4.48. The van der Waals surface area contributed by atoms with Crippen molar-refractivity contribution < 1.29 is 14.3 Å². The van der Waals surface area contributed by atoms with Crippen molar-refractivity contribution in [1.82, 2.24) is 16.2 Å². The molecular weight excluding hydrogens is 306 g/mol. The Morgan fingerprint density at radius 2 is 1.75 bits per heavy atom. The number of hydrogen-bond acceptors (Lipinski definition) is 4. The number of amides is 2. The summed E-state index contributed by atoms with van der Waals surface area (Å²) in [5.74, 6) is 0.102. The van der Waals surface area contributed by atoms with E-state index < -0.39 is 6.04 Å². The van der Waals surface area contributed by atoms with E-state index in [1.165, 1.54) is 0 Å². The summed E-state index contributed by atoms with van der Waals surface area (Å²) in [5, 5.41) is 2.79. The first-order valence-electron chi connectivity index (χ1n) is 7.65. The van der Waals surface area contributed by atoms with Gasteiger partial charge in [0.15, 0.2) is 0 Å². The van der Waals surface area contributed by atoms with E-state index in [4.69, 9.17) is 4.74 Å². The Morgan fingerprint density at radius 3 is 2.38 bits per heavy atom. The van der Waals surface area contributed by atoms with E-state index in [1.54, 1.807) is 31.4 Å². The fourth-order valence-corrected chi connectivity index (χ4v) is 2.63. The van der Waals surface area contributed by atoms with Gasteiger partial charge in [-0.2, -0.15) is 0 Å². The van der Waals surface area contributed by atoms with Crippen molar-refractivity contribution in [2.24, 2.45) is 0 Å². The molecule has 0 bridgehead atoms. The third-order valence-electron chi connectivity index (χ3n) is 4.04. The molecule has 1 heterocycles. The number of hydrazine groups is 1. The van der Waals surface area contributed by atoms with Gasteiger partial charge in [0.1, 0.15) is 11.8 Å². The highest BCUT2D eigenvalue weighted by Crippen LogP contribution is 2.21. The maximum Gasteiger partial charge on any atom is 0.258 e. The lowest BCUT2D eigenvalue weighted by atomic mass is 9.99. The first-order chi connectivity index (χ1) is 11.6. The highest BCUT2D eigenvalue weighted by atomic mass is 16.5. The van der Waals surface area contributed by atoms with Crippen LogP contribution >= 0.6 is 0 Å². The zero-order valence-corrected chi connectivity index (χ0v) is 13.5. The molecule has 1 aliphatic rings. The molecule has 24 heavy (non-hydrogen) atoms. The predicted molar refractivity (Wildman–Crippen MR) is 89.4 cm³/mol. The topological polar surface area (TPSA) is 79.5 Å². The highest BCUT2D eigenvalue weighted by molar-refractivity contribution is 5.98. The summed E-state index contributed by atoms with van der Waals surface area (Å²) in [6, 6.07) is 13.6. The molecule has 2 amide bonds. The number of aryl methyl sites for hydroxylation is 1. The Balaban J connectivity index is 1.76. The standard InChI is InChI=1S/C18H19N3O3/c1-11-3-5-12(6-4-11)15-16(18(23)21-20-15)19-17(22)13-7-9-14(24-2)10-8-13/h3-10,15-16,20H,1-2H3,(H,19,22)(H,21,23)/t15-,16+/m0/s1. The molecule has 0 unspecified atom stereocenters. The number of carbonyl (C=O) groups excluding carboxylic acids is 2. The van der Waals surface area contributed by atoms with E-state index in [9.17, 15) is 9.59 Å². The average molecular weight is 325 g/mol. The monoisotopic (exact) mass is 325 g/mol. The van der Waals surface area contributed by atoms with Crippen LogP contribution in [0.5, 0.6) is 5.75 Å². The van der Waals surface area contributed by atoms with Gasteiger partial charge >= 0.3 is 0 Å². The van der Waals surface area contributed by atoms with Crippen molar-refractivity contribution in [3.63, 3.8) is 0 Å². The second-order valence-electron chi connectivity index (χ2n) is 5.70. The molecule has 0 aliphatic carbocycles. The normalized spacial score (nSPS) is 19.7. The minimum atomic E-state index is -0.678.